The summed E-state index contributed by atoms with van der Waals surface area (Å²) in [5, 5.41) is 21.7. The van der Waals surface area contributed by atoms with Crippen molar-refractivity contribution in [2.75, 3.05) is 19.6 Å². The Bertz CT molecular complexity index is 843. The molecule has 2 aliphatic heterocycles. The number of phenolic OH excluding ortho intramolecular Hbond substituents is 1. The van der Waals surface area contributed by atoms with E-state index in [1.54, 1.807) is 12.1 Å². The predicted octanol–water partition coefficient (Wildman–Crippen LogP) is -0.555. The molecule has 1 aromatic rings. The number of rotatable bonds is 7. The van der Waals surface area contributed by atoms with E-state index in [-0.39, 0.29) is 24.6 Å². The smallest absolute Gasteiger partial charge is 0.326 e. The molecule has 0 radical (unpaired) electrons. The standard InChI is InChI=1S/C21H28N4O6/c22-12-18(27)24-9-1-3-16(24)19(28)23-15(11-13-5-7-14(26)8-6-13)20(29)25-10-2-4-17(25)21(30)31/h5-8,15-17,26H,1-4,9-12,22H2,(H,23,28)(H,30,31). The SMILES string of the molecule is NCC(=O)N1CCCC1C(=O)NC(Cc1ccc(O)cc1)C(=O)N1CCCC1C(=O)O. The Kier molecular flexibility index (Phi) is 7.11. The van der Waals surface area contributed by atoms with E-state index in [1.807, 2.05) is 0 Å². The van der Waals surface area contributed by atoms with E-state index in [9.17, 15) is 29.4 Å². The van der Waals surface area contributed by atoms with Gasteiger partial charge in [0.05, 0.1) is 6.54 Å². The Morgan fingerprint density at radius 3 is 2.26 bits per heavy atom. The monoisotopic (exact) mass is 432 g/mol. The van der Waals surface area contributed by atoms with Crippen LogP contribution in [0.5, 0.6) is 5.75 Å². The fourth-order valence-electron chi connectivity index (χ4n) is 4.28. The Hall–Kier alpha value is -3.14. The second-order valence-corrected chi connectivity index (χ2v) is 7.91. The van der Waals surface area contributed by atoms with Crippen LogP contribution >= 0.6 is 0 Å². The minimum absolute atomic E-state index is 0.0723. The first-order valence-corrected chi connectivity index (χ1v) is 10.4. The predicted molar refractivity (Wildman–Crippen MR) is 110 cm³/mol. The topological polar surface area (TPSA) is 153 Å². The largest absolute Gasteiger partial charge is 0.508 e. The lowest BCUT2D eigenvalue weighted by atomic mass is 10.0. The van der Waals surface area contributed by atoms with Crippen molar-refractivity contribution in [1.82, 2.24) is 15.1 Å². The van der Waals surface area contributed by atoms with E-state index in [0.717, 1.165) is 0 Å². The van der Waals surface area contributed by atoms with Crippen molar-refractivity contribution in [2.45, 2.75) is 50.2 Å². The maximum atomic E-state index is 13.3. The van der Waals surface area contributed by atoms with E-state index in [2.05, 4.69) is 5.32 Å². The molecule has 3 atom stereocenters. The van der Waals surface area contributed by atoms with Gasteiger partial charge >= 0.3 is 5.97 Å². The van der Waals surface area contributed by atoms with Crippen LogP contribution in [0.3, 0.4) is 0 Å². The number of hydrogen-bond acceptors (Lipinski definition) is 6. The molecule has 0 aliphatic carbocycles. The van der Waals surface area contributed by atoms with Gasteiger partial charge in [-0.3, -0.25) is 14.4 Å². The molecule has 10 heteroatoms. The Morgan fingerprint density at radius 2 is 1.65 bits per heavy atom. The van der Waals surface area contributed by atoms with Crippen LogP contribution in [0.4, 0.5) is 0 Å². The van der Waals surface area contributed by atoms with Crippen LogP contribution in [0, 0.1) is 0 Å². The third-order valence-corrected chi connectivity index (χ3v) is 5.86. The average molecular weight is 432 g/mol. The van der Waals surface area contributed by atoms with Gasteiger partial charge in [-0.2, -0.15) is 0 Å². The van der Waals surface area contributed by atoms with Gasteiger partial charge in [0, 0.05) is 19.5 Å². The van der Waals surface area contributed by atoms with E-state index < -0.39 is 35.9 Å². The van der Waals surface area contributed by atoms with E-state index >= 15 is 0 Å². The van der Waals surface area contributed by atoms with Gasteiger partial charge in [-0.15, -0.1) is 0 Å². The number of nitrogens with zero attached hydrogens (tertiary/aromatic N) is 2. The lowest BCUT2D eigenvalue weighted by Crippen LogP contribution is -2.56. The van der Waals surface area contributed by atoms with E-state index in [1.165, 1.54) is 21.9 Å². The zero-order valence-corrected chi connectivity index (χ0v) is 17.2. The number of carboxylic acid groups (broad SMARTS) is 1. The quantitative estimate of drug-likeness (QED) is 0.451. The highest BCUT2D eigenvalue weighted by molar-refractivity contribution is 5.94. The molecule has 2 heterocycles. The Morgan fingerprint density at radius 1 is 1.03 bits per heavy atom. The van der Waals surface area contributed by atoms with Crippen molar-refractivity contribution in [3.8, 4) is 5.75 Å². The number of carbonyl (C=O) groups is 4. The number of phenols is 1. The van der Waals surface area contributed by atoms with Crippen LogP contribution in [0.15, 0.2) is 24.3 Å². The van der Waals surface area contributed by atoms with Crippen molar-refractivity contribution >= 4 is 23.7 Å². The summed E-state index contributed by atoms with van der Waals surface area (Å²) in [6.07, 6.45) is 2.20. The van der Waals surface area contributed by atoms with Crippen LogP contribution < -0.4 is 11.1 Å². The second kappa shape index (κ2) is 9.78. The van der Waals surface area contributed by atoms with Gasteiger partial charge in [0.15, 0.2) is 0 Å². The molecule has 2 aliphatic rings. The maximum absolute atomic E-state index is 13.3. The van der Waals surface area contributed by atoms with Crippen molar-refractivity contribution < 1.29 is 29.4 Å². The summed E-state index contributed by atoms with van der Waals surface area (Å²) >= 11 is 0. The van der Waals surface area contributed by atoms with Gasteiger partial charge in [-0.05, 0) is 43.4 Å². The highest BCUT2D eigenvalue weighted by Crippen LogP contribution is 2.22. The number of nitrogens with two attached hydrogens (primary N) is 1. The molecule has 2 fully saturated rings. The van der Waals surface area contributed by atoms with Crippen LogP contribution in [-0.2, 0) is 25.6 Å². The molecular weight excluding hydrogens is 404 g/mol. The molecule has 1 aromatic carbocycles. The van der Waals surface area contributed by atoms with Crippen LogP contribution in [-0.4, -0.2) is 81.5 Å². The lowest BCUT2D eigenvalue weighted by Gasteiger charge is -2.30. The van der Waals surface area contributed by atoms with E-state index in [0.29, 0.717) is 44.3 Å². The molecule has 0 aromatic heterocycles. The number of carbonyl (C=O) groups excluding carboxylic acids is 3. The molecule has 5 N–H and O–H groups in total. The molecular formula is C21H28N4O6. The maximum Gasteiger partial charge on any atom is 0.326 e. The number of benzene rings is 1. The minimum Gasteiger partial charge on any atom is -0.508 e. The van der Waals surface area contributed by atoms with Crippen molar-refractivity contribution in [3.63, 3.8) is 0 Å². The fraction of sp³-hybridized carbons (Fsp3) is 0.524. The summed E-state index contributed by atoms with van der Waals surface area (Å²) in [6.45, 7) is 0.532. The van der Waals surface area contributed by atoms with Crippen LogP contribution in [0.2, 0.25) is 0 Å². The lowest BCUT2D eigenvalue weighted by molar-refractivity contribution is -0.149. The number of likely N-dealkylation sites (tertiary alicyclic amines) is 2. The second-order valence-electron chi connectivity index (χ2n) is 7.91. The third kappa shape index (κ3) is 5.13. The fourth-order valence-corrected chi connectivity index (χ4v) is 4.28. The summed E-state index contributed by atoms with van der Waals surface area (Å²) in [6, 6.07) is 3.61. The van der Waals surface area contributed by atoms with Gasteiger partial charge in [-0.1, -0.05) is 12.1 Å². The number of amides is 3. The number of hydrogen-bond donors (Lipinski definition) is 4. The number of carboxylic acids is 1. The summed E-state index contributed by atoms with van der Waals surface area (Å²) in [7, 11) is 0. The zero-order chi connectivity index (χ0) is 22.5. The zero-order valence-electron chi connectivity index (χ0n) is 17.2. The Labute approximate surface area is 180 Å². The first kappa shape index (κ1) is 22.5. The third-order valence-electron chi connectivity index (χ3n) is 5.86. The average Bonchev–Trinajstić information content (AvgIpc) is 3.43. The Balaban J connectivity index is 1.80. The van der Waals surface area contributed by atoms with Crippen LogP contribution in [0.25, 0.3) is 0 Å². The molecule has 2 saturated heterocycles. The van der Waals surface area contributed by atoms with Crippen molar-refractivity contribution in [1.29, 1.82) is 0 Å². The summed E-state index contributed by atoms with van der Waals surface area (Å²) in [4.78, 5) is 52.6. The summed E-state index contributed by atoms with van der Waals surface area (Å²) < 4.78 is 0. The molecule has 0 spiro atoms. The normalized spacial score (nSPS) is 21.7. The molecule has 0 bridgehead atoms. The van der Waals surface area contributed by atoms with Crippen molar-refractivity contribution in [2.24, 2.45) is 5.73 Å². The first-order valence-electron chi connectivity index (χ1n) is 10.4. The van der Waals surface area contributed by atoms with Gasteiger partial charge in [0.1, 0.15) is 23.9 Å². The first-order chi connectivity index (χ1) is 14.8. The molecule has 168 valence electrons. The molecule has 3 unspecified atom stereocenters. The highest BCUT2D eigenvalue weighted by Gasteiger charge is 2.40. The molecule has 31 heavy (non-hydrogen) atoms. The van der Waals surface area contributed by atoms with E-state index in [4.69, 9.17) is 5.73 Å². The van der Waals surface area contributed by atoms with Gasteiger partial charge in [0.2, 0.25) is 17.7 Å². The molecule has 3 amide bonds. The minimum atomic E-state index is -1.07. The van der Waals surface area contributed by atoms with Gasteiger partial charge in [-0.25, -0.2) is 4.79 Å². The molecule has 10 nitrogen and oxygen atoms in total. The molecule has 3 rings (SSSR count). The number of aromatic hydroxyl groups is 1. The van der Waals surface area contributed by atoms with Crippen molar-refractivity contribution in [3.05, 3.63) is 29.8 Å². The van der Waals surface area contributed by atoms with Gasteiger partial charge in [0.25, 0.3) is 0 Å². The highest BCUT2D eigenvalue weighted by atomic mass is 16.4. The summed E-state index contributed by atoms with van der Waals surface area (Å²) in [5.41, 5.74) is 6.14. The van der Waals surface area contributed by atoms with Gasteiger partial charge < -0.3 is 31.1 Å². The molecule has 0 saturated carbocycles. The number of nitrogens with one attached hydrogen (secondary N) is 1. The van der Waals surface area contributed by atoms with Crippen LogP contribution in [0.1, 0.15) is 31.2 Å². The number of aliphatic carboxylic acids is 1. The summed E-state index contributed by atoms with van der Waals surface area (Å²) in [5.74, 6) is -2.26.